The van der Waals surface area contributed by atoms with Crippen LogP contribution in [0.15, 0.2) is 0 Å². The van der Waals surface area contributed by atoms with Crippen molar-refractivity contribution in [3.8, 4) is 0 Å². The van der Waals surface area contributed by atoms with E-state index in [0.29, 0.717) is 5.41 Å². The topological polar surface area (TPSA) is 0 Å². The smallest absolute Gasteiger partial charge is 0.0252 e. The second-order valence-corrected chi connectivity index (χ2v) is 4.80. The van der Waals surface area contributed by atoms with Gasteiger partial charge in [-0.05, 0) is 30.1 Å². The van der Waals surface area contributed by atoms with Crippen LogP contribution in [-0.4, -0.2) is 0 Å². The molecule has 0 amide bonds. The second-order valence-electron chi connectivity index (χ2n) is 4.80. The zero-order valence-electron chi connectivity index (χ0n) is 10.5. The molecule has 2 unspecified atom stereocenters. The minimum absolute atomic E-state index is 0.601. The van der Waals surface area contributed by atoms with Crippen LogP contribution in [0.25, 0.3) is 0 Å². The molecule has 0 heterocycles. The first-order valence-corrected chi connectivity index (χ1v) is 6.05. The van der Waals surface area contributed by atoms with Crippen LogP contribution in [0, 0.1) is 17.3 Å². The lowest BCUT2D eigenvalue weighted by atomic mass is 9.63. The lowest BCUT2D eigenvalue weighted by Crippen LogP contribution is -2.33. The summed E-state index contributed by atoms with van der Waals surface area (Å²) in [6.45, 7) is 14.2. The number of rotatable bonds is 6. The van der Waals surface area contributed by atoms with Crippen molar-refractivity contribution in [2.45, 2.75) is 67.2 Å². The fourth-order valence-electron chi connectivity index (χ4n) is 2.91. The molecular formula is C13H28. The molecule has 0 N–H and O–H groups in total. The highest BCUT2D eigenvalue weighted by Crippen LogP contribution is 2.44. The predicted octanol–water partition coefficient (Wildman–Crippen LogP) is 4.89. The van der Waals surface area contributed by atoms with Crippen LogP contribution in [0.5, 0.6) is 0 Å². The lowest BCUT2D eigenvalue weighted by Gasteiger charge is -2.42. The van der Waals surface area contributed by atoms with Gasteiger partial charge in [0.2, 0.25) is 0 Å². The molecule has 0 saturated heterocycles. The SMILES string of the molecule is CCCC(CC)(C(C)C)C(C)CC. The second kappa shape index (κ2) is 5.67. The maximum atomic E-state index is 2.43. The molecule has 2 atom stereocenters. The minimum Gasteiger partial charge on any atom is -0.0654 e. The van der Waals surface area contributed by atoms with Crippen molar-refractivity contribution in [3.63, 3.8) is 0 Å². The van der Waals surface area contributed by atoms with Crippen LogP contribution in [0.3, 0.4) is 0 Å². The first-order chi connectivity index (χ1) is 6.05. The largest absolute Gasteiger partial charge is 0.0654 e. The van der Waals surface area contributed by atoms with Gasteiger partial charge in [-0.25, -0.2) is 0 Å². The van der Waals surface area contributed by atoms with E-state index >= 15 is 0 Å². The number of hydrogen-bond donors (Lipinski definition) is 0. The Morgan fingerprint density at radius 2 is 1.54 bits per heavy atom. The highest BCUT2D eigenvalue weighted by Gasteiger charge is 2.35. The average Bonchev–Trinajstić information content (AvgIpc) is 2.12. The molecule has 0 aromatic heterocycles. The van der Waals surface area contributed by atoms with E-state index in [1.165, 1.54) is 25.7 Å². The summed E-state index contributed by atoms with van der Waals surface area (Å²) in [5, 5.41) is 0. The van der Waals surface area contributed by atoms with Crippen LogP contribution < -0.4 is 0 Å². The highest BCUT2D eigenvalue weighted by molar-refractivity contribution is 4.85. The van der Waals surface area contributed by atoms with Gasteiger partial charge in [-0.15, -0.1) is 0 Å². The average molecular weight is 184 g/mol. The van der Waals surface area contributed by atoms with Gasteiger partial charge in [-0.3, -0.25) is 0 Å². The molecule has 0 nitrogen and oxygen atoms in total. The van der Waals surface area contributed by atoms with Crippen molar-refractivity contribution in [2.75, 3.05) is 0 Å². The van der Waals surface area contributed by atoms with E-state index in [1.54, 1.807) is 0 Å². The van der Waals surface area contributed by atoms with Gasteiger partial charge in [0, 0.05) is 0 Å². The van der Waals surface area contributed by atoms with Crippen molar-refractivity contribution < 1.29 is 0 Å². The van der Waals surface area contributed by atoms with Crippen LogP contribution in [-0.2, 0) is 0 Å². The van der Waals surface area contributed by atoms with Crippen LogP contribution in [0.1, 0.15) is 67.2 Å². The summed E-state index contributed by atoms with van der Waals surface area (Å²) in [4.78, 5) is 0. The molecule has 80 valence electrons. The van der Waals surface area contributed by atoms with Gasteiger partial charge in [0.15, 0.2) is 0 Å². The molecule has 0 fully saturated rings. The van der Waals surface area contributed by atoms with Crippen LogP contribution in [0.4, 0.5) is 0 Å². The summed E-state index contributed by atoms with van der Waals surface area (Å²) in [5.41, 5.74) is 0.601. The standard InChI is InChI=1S/C13H28/c1-7-10-13(9-3,11(4)5)12(6)8-2/h11-12H,7-10H2,1-6H3. The summed E-state index contributed by atoms with van der Waals surface area (Å²) in [7, 11) is 0. The highest BCUT2D eigenvalue weighted by atomic mass is 14.4. The Kier molecular flexibility index (Phi) is 5.67. The Balaban J connectivity index is 4.63. The molecule has 0 radical (unpaired) electrons. The lowest BCUT2D eigenvalue weighted by molar-refractivity contribution is 0.0774. The van der Waals surface area contributed by atoms with Gasteiger partial charge in [0.25, 0.3) is 0 Å². The molecule has 0 saturated carbocycles. The zero-order valence-corrected chi connectivity index (χ0v) is 10.5. The van der Waals surface area contributed by atoms with Crippen LogP contribution in [0.2, 0.25) is 0 Å². The van der Waals surface area contributed by atoms with Gasteiger partial charge in [-0.2, -0.15) is 0 Å². The maximum Gasteiger partial charge on any atom is -0.0252 e. The van der Waals surface area contributed by atoms with Crippen molar-refractivity contribution in [3.05, 3.63) is 0 Å². The molecule has 0 heteroatoms. The van der Waals surface area contributed by atoms with E-state index in [2.05, 4.69) is 41.5 Å². The maximum absolute atomic E-state index is 2.43. The first-order valence-electron chi connectivity index (χ1n) is 6.05. The Morgan fingerprint density at radius 3 is 1.77 bits per heavy atom. The Morgan fingerprint density at radius 1 is 1.00 bits per heavy atom. The molecule has 0 rings (SSSR count). The summed E-state index contributed by atoms with van der Waals surface area (Å²) in [5.74, 6) is 1.70. The first kappa shape index (κ1) is 13.0. The fraction of sp³-hybridized carbons (Fsp3) is 1.00. The Hall–Kier alpha value is 0. The van der Waals surface area contributed by atoms with Gasteiger partial charge in [0.05, 0.1) is 0 Å². The van der Waals surface area contributed by atoms with Crippen molar-refractivity contribution >= 4 is 0 Å². The summed E-state index contributed by atoms with van der Waals surface area (Å²) < 4.78 is 0. The third-order valence-electron chi connectivity index (χ3n) is 4.12. The zero-order chi connectivity index (χ0) is 10.5. The third-order valence-corrected chi connectivity index (χ3v) is 4.12. The van der Waals surface area contributed by atoms with Gasteiger partial charge < -0.3 is 0 Å². The van der Waals surface area contributed by atoms with Gasteiger partial charge in [-0.1, -0.05) is 54.4 Å². The van der Waals surface area contributed by atoms with E-state index < -0.39 is 0 Å². The quantitative estimate of drug-likeness (QED) is 0.551. The molecule has 0 aromatic rings. The third kappa shape index (κ3) is 2.72. The van der Waals surface area contributed by atoms with E-state index in [4.69, 9.17) is 0 Å². The molecule has 0 spiro atoms. The van der Waals surface area contributed by atoms with E-state index in [-0.39, 0.29) is 0 Å². The van der Waals surface area contributed by atoms with E-state index in [1.807, 2.05) is 0 Å². The van der Waals surface area contributed by atoms with Crippen molar-refractivity contribution in [2.24, 2.45) is 17.3 Å². The molecular weight excluding hydrogens is 156 g/mol. The molecule has 0 aliphatic rings. The van der Waals surface area contributed by atoms with Crippen molar-refractivity contribution in [1.82, 2.24) is 0 Å². The molecule has 0 aliphatic carbocycles. The van der Waals surface area contributed by atoms with Gasteiger partial charge in [0.1, 0.15) is 0 Å². The summed E-state index contributed by atoms with van der Waals surface area (Å²) in [6, 6.07) is 0. The monoisotopic (exact) mass is 184 g/mol. The fourth-order valence-corrected chi connectivity index (χ4v) is 2.91. The molecule has 13 heavy (non-hydrogen) atoms. The van der Waals surface area contributed by atoms with Crippen LogP contribution >= 0.6 is 0 Å². The molecule has 0 aromatic carbocycles. The van der Waals surface area contributed by atoms with Gasteiger partial charge >= 0.3 is 0 Å². The summed E-state index contributed by atoms with van der Waals surface area (Å²) in [6.07, 6.45) is 5.39. The van der Waals surface area contributed by atoms with E-state index in [0.717, 1.165) is 11.8 Å². The summed E-state index contributed by atoms with van der Waals surface area (Å²) >= 11 is 0. The minimum atomic E-state index is 0.601. The Labute approximate surface area is 85.1 Å². The van der Waals surface area contributed by atoms with E-state index in [9.17, 15) is 0 Å². The predicted molar refractivity (Wildman–Crippen MR) is 61.9 cm³/mol. The number of hydrogen-bond acceptors (Lipinski definition) is 0. The van der Waals surface area contributed by atoms with Crippen molar-refractivity contribution in [1.29, 1.82) is 0 Å². The molecule has 0 aliphatic heterocycles. The molecule has 0 bridgehead atoms. The Bertz CT molecular complexity index is 126. The normalized spacial score (nSPS) is 18.7.